The van der Waals surface area contributed by atoms with Gasteiger partial charge in [-0.05, 0) is 23.8 Å². The second-order valence-electron chi connectivity index (χ2n) is 3.75. The highest BCUT2D eigenvalue weighted by Gasteiger charge is 2.16. The predicted octanol–water partition coefficient (Wildman–Crippen LogP) is 1.10. The molecule has 6 nitrogen and oxygen atoms in total. The van der Waals surface area contributed by atoms with Gasteiger partial charge in [-0.15, -0.1) is 0 Å². The molecule has 2 aromatic rings. The number of rotatable bonds is 4. The monoisotopic (exact) mass is 257 g/mol. The van der Waals surface area contributed by atoms with Crippen molar-refractivity contribution in [2.75, 3.05) is 0 Å². The number of pyridine rings is 2. The summed E-state index contributed by atoms with van der Waals surface area (Å²) in [5.41, 5.74) is 0.613. The summed E-state index contributed by atoms with van der Waals surface area (Å²) in [6.45, 7) is 0.278. The van der Waals surface area contributed by atoms with Crippen molar-refractivity contribution >= 4 is 11.9 Å². The van der Waals surface area contributed by atoms with Crippen LogP contribution in [0.25, 0.3) is 0 Å². The topological polar surface area (TPSA) is 92.2 Å². The molecule has 0 radical (unpaired) electrons. The Labute approximate surface area is 109 Å². The summed E-state index contributed by atoms with van der Waals surface area (Å²) in [6, 6.07) is 6.52. The molecule has 2 aromatic heterocycles. The molecule has 2 rings (SSSR count). The molecule has 0 aliphatic rings. The van der Waals surface area contributed by atoms with Crippen LogP contribution in [0.1, 0.15) is 26.4 Å². The molecule has 6 heteroatoms. The molecule has 0 unspecified atom stereocenters. The molecule has 0 bridgehead atoms. The molecule has 2 N–H and O–H groups in total. The van der Waals surface area contributed by atoms with Gasteiger partial charge >= 0.3 is 5.97 Å². The zero-order chi connectivity index (χ0) is 13.7. The van der Waals surface area contributed by atoms with E-state index in [4.69, 9.17) is 5.11 Å². The maximum absolute atomic E-state index is 11.9. The summed E-state index contributed by atoms with van der Waals surface area (Å²) in [7, 11) is 0. The lowest BCUT2D eigenvalue weighted by Gasteiger charge is -2.06. The number of carboxylic acids is 1. The molecular formula is C13H11N3O3. The zero-order valence-electron chi connectivity index (χ0n) is 9.91. The van der Waals surface area contributed by atoms with Gasteiger partial charge in [-0.2, -0.15) is 0 Å². The number of nitrogens with one attached hydrogen (secondary N) is 1. The van der Waals surface area contributed by atoms with Gasteiger partial charge in [0.2, 0.25) is 0 Å². The second-order valence-corrected chi connectivity index (χ2v) is 3.75. The van der Waals surface area contributed by atoms with Crippen molar-refractivity contribution < 1.29 is 14.7 Å². The zero-order valence-corrected chi connectivity index (χ0v) is 9.91. The van der Waals surface area contributed by atoms with Crippen molar-refractivity contribution in [3.63, 3.8) is 0 Å². The molecule has 0 aromatic carbocycles. The first kappa shape index (κ1) is 12.7. The molecule has 0 atom stereocenters. The second kappa shape index (κ2) is 5.72. The number of carbonyl (C=O) groups excluding carboxylic acids is 1. The van der Waals surface area contributed by atoms with E-state index < -0.39 is 11.9 Å². The number of nitrogens with zero attached hydrogens (tertiary/aromatic N) is 2. The lowest BCUT2D eigenvalue weighted by molar-refractivity contribution is 0.0684. The van der Waals surface area contributed by atoms with E-state index in [0.29, 0.717) is 0 Å². The Kier molecular flexibility index (Phi) is 3.82. The van der Waals surface area contributed by atoms with Gasteiger partial charge in [0.05, 0.1) is 5.56 Å². The summed E-state index contributed by atoms with van der Waals surface area (Å²) in [5.74, 6) is -1.71. The molecule has 2 heterocycles. The van der Waals surface area contributed by atoms with Crippen LogP contribution >= 0.6 is 0 Å². The van der Waals surface area contributed by atoms with E-state index in [1.165, 1.54) is 18.3 Å². The Morgan fingerprint density at radius 1 is 1.21 bits per heavy atom. The third-order valence-corrected chi connectivity index (χ3v) is 2.43. The van der Waals surface area contributed by atoms with Gasteiger partial charge in [0.25, 0.3) is 5.91 Å². The van der Waals surface area contributed by atoms with Crippen LogP contribution in [0.2, 0.25) is 0 Å². The van der Waals surface area contributed by atoms with Crippen molar-refractivity contribution in [2.24, 2.45) is 0 Å². The minimum atomic E-state index is -1.23. The van der Waals surface area contributed by atoms with E-state index in [-0.39, 0.29) is 17.8 Å². The van der Waals surface area contributed by atoms with Gasteiger partial charge in [-0.1, -0.05) is 6.07 Å². The predicted molar refractivity (Wildman–Crippen MR) is 66.6 cm³/mol. The average Bonchev–Trinajstić information content (AvgIpc) is 2.46. The summed E-state index contributed by atoms with van der Waals surface area (Å²) in [4.78, 5) is 30.5. The fraction of sp³-hybridized carbons (Fsp3) is 0.0769. The Balaban J connectivity index is 2.10. The maximum Gasteiger partial charge on any atom is 0.355 e. The fourth-order valence-corrected chi connectivity index (χ4v) is 1.54. The highest BCUT2D eigenvalue weighted by molar-refractivity contribution is 6.03. The fourth-order valence-electron chi connectivity index (χ4n) is 1.54. The van der Waals surface area contributed by atoms with Crippen LogP contribution < -0.4 is 5.32 Å². The molecular weight excluding hydrogens is 246 g/mol. The van der Waals surface area contributed by atoms with E-state index in [1.54, 1.807) is 18.5 Å². The standard InChI is InChI=1S/C13H11N3O3/c17-12(16-8-9-3-1-5-14-7-9)10-4-2-6-15-11(10)13(18)19/h1-7H,8H2,(H,16,17)(H,18,19). The normalized spacial score (nSPS) is 9.89. The third kappa shape index (κ3) is 3.12. The molecule has 0 saturated carbocycles. The number of amides is 1. The minimum absolute atomic E-state index is 0.0406. The van der Waals surface area contributed by atoms with Crippen molar-refractivity contribution in [2.45, 2.75) is 6.54 Å². The van der Waals surface area contributed by atoms with Gasteiger partial charge < -0.3 is 10.4 Å². The summed E-state index contributed by atoms with van der Waals surface area (Å²) in [6.07, 6.45) is 4.60. The van der Waals surface area contributed by atoms with Gasteiger partial charge in [-0.25, -0.2) is 9.78 Å². The highest BCUT2D eigenvalue weighted by Crippen LogP contribution is 2.06. The molecule has 0 aliphatic carbocycles. The lowest BCUT2D eigenvalue weighted by Crippen LogP contribution is -2.25. The van der Waals surface area contributed by atoms with Gasteiger partial charge in [-0.3, -0.25) is 9.78 Å². The van der Waals surface area contributed by atoms with Gasteiger partial charge in [0.15, 0.2) is 5.69 Å². The molecule has 0 spiro atoms. The van der Waals surface area contributed by atoms with Crippen molar-refractivity contribution in [3.05, 3.63) is 59.7 Å². The highest BCUT2D eigenvalue weighted by atomic mass is 16.4. The molecule has 0 fully saturated rings. The van der Waals surface area contributed by atoms with Gasteiger partial charge in [0.1, 0.15) is 0 Å². The van der Waals surface area contributed by atoms with Crippen LogP contribution in [0.3, 0.4) is 0 Å². The van der Waals surface area contributed by atoms with Crippen LogP contribution in [0.5, 0.6) is 0 Å². The van der Waals surface area contributed by atoms with E-state index in [2.05, 4.69) is 15.3 Å². The Morgan fingerprint density at radius 3 is 2.68 bits per heavy atom. The first-order valence-electron chi connectivity index (χ1n) is 5.54. The van der Waals surface area contributed by atoms with E-state index in [0.717, 1.165) is 5.56 Å². The SMILES string of the molecule is O=C(NCc1cccnc1)c1cccnc1C(=O)O. The van der Waals surface area contributed by atoms with Crippen LogP contribution in [0.4, 0.5) is 0 Å². The van der Waals surface area contributed by atoms with E-state index in [9.17, 15) is 9.59 Å². The van der Waals surface area contributed by atoms with Crippen LogP contribution in [0, 0.1) is 0 Å². The third-order valence-electron chi connectivity index (χ3n) is 2.43. The first-order chi connectivity index (χ1) is 9.18. The summed E-state index contributed by atoms with van der Waals surface area (Å²) in [5, 5.41) is 11.6. The number of carboxylic acid groups (broad SMARTS) is 1. The molecule has 19 heavy (non-hydrogen) atoms. The smallest absolute Gasteiger partial charge is 0.355 e. The number of aromatic carboxylic acids is 1. The van der Waals surface area contributed by atoms with Crippen LogP contribution in [-0.4, -0.2) is 27.0 Å². The average molecular weight is 257 g/mol. The number of hydrogen-bond donors (Lipinski definition) is 2. The molecule has 1 amide bonds. The Bertz CT molecular complexity index is 599. The minimum Gasteiger partial charge on any atom is -0.476 e. The Hall–Kier alpha value is -2.76. The van der Waals surface area contributed by atoms with Crippen molar-refractivity contribution in [3.8, 4) is 0 Å². The maximum atomic E-state index is 11.9. The van der Waals surface area contributed by atoms with Crippen molar-refractivity contribution in [1.29, 1.82) is 0 Å². The quantitative estimate of drug-likeness (QED) is 0.855. The number of aromatic nitrogens is 2. The first-order valence-corrected chi connectivity index (χ1v) is 5.54. The Morgan fingerprint density at radius 2 is 2.00 bits per heavy atom. The largest absolute Gasteiger partial charge is 0.476 e. The van der Waals surface area contributed by atoms with Crippen molar-refractivity contribution in [1.82, 2.24) is 15.3 Å². The summed E-state index contributed by atoms with van der Waals surface area (Å²) < 4.78 is 0. The van der Waals surface area contributed by atoms with Crippen LogP contribution in [-0.2, 0) is 6.54 Å². The number of carbonyl (C=O) groups is 2. The molecule has 96 valence electrons. The molecule has 0 saturated heterocycles. The molecule has 0 aliphatic heterocycles. The van der Waals surface area contributed by atoms with Crippen LogP contribution in [0.15, 0.2) is 42.9 Å². The number of hydrogen-bond acceptors (Lipinski definition) is 4. The van der Waals surface area contributed by atoms with E-state index in [1.807, 2.05) is 6.07 Å². The summed E-state index contributed by atoms with van der Waals surface area (Å²) >= 11 is 0. The lowest BCUT2D eigenvalue weighted by atomic mass is 10.1. The van der Waals surface area contributed by atoms with E-state index >= 15 is 0 Å². The van der Waals surface area contributed by atoms with Gasteiger partial charge in [0, 0.05) is 25.1 Å².